The van der Waals surface area contributed by atoms with Crippen molar-refractivity contribution in [3.8, 4) is 0 Å². The van der Waals surface area contributed by atoms with Crippen molar-refractivity contribution >= 4 is 17.7 Å². The summed E-state index contributed by atoms with van der Waals surface area (Å²) in [5.41, 5.74) is 1.84. The number of likely N-dealkylation sites (tertiary alicyclic amines) is 1. The Kier molecular flexibility index (Phi) is 8.11. The van der Waals surface area contributed by atoms with Crippen LogP contribution in [-0.4, -0.2) is 40.3 Å². The second-order valence-corrected chi connectivity index (χ2v) is 9.10. The van der Waals surface area contributed by atoms with Crippen LogP contribution in [0.5, 0.6) is 0 Å². The number of carbonyl (C=O) groups is 3. The van der Waals surface area contributed by atoms with Crippen molar-refractivity contribution in [2.75, 3.05) is 0 Å². The summed E-state index contributed by atoms with van der Waals surface area (Å²) in [5, 5.41) is 2.70. The highest BCUT2D eigenvalue weighted by molar-refractivity contribution is 5.88. The van der Waals surface area contributed by atoms with E-state index in [0.717, 1.165) is 6.07 Å². The van der Waals surface area contributed by atoms with E-state index in [4.69, 9.17) is 4.84 Å². The van der Waals surface area contributed by atoms with Gasteiger partial charge in [-0.1, -0.05) is 26.0 Å². The van der Waals surface area contributed by atoms with E-state index in [-0.39, 0.29) is 36.8 Å². The number of carbonyl (C=O) groups excluding carboxylic acids is 3. The van der Waals surface area contributed by atoms with Crippen LogP contribution in [0.2, 0.25) is 0 Å². The third-order valence-electron chi connectivity index (χ3n) is 4.97. The summed E-state index contributed by atoms with van der Waals surface area (Å²) in [6.45, 7) is 8.81. The van der Waals surface area contributed by atoms with Gasteiger partial charge in [0.15, 0.2) is 11.6 Å². The largest absolute Gasteiger partial charge is 0.344 e. The first-order valence-electron chi connectivity index (χ1n) is 10.4. The Morgan fingerprint density at radius 3 is 2.55 bits per heavy atom. The lowest BCUT2D eigenvalue weighted by Crippen LogP contribution is -2.51. The van der Waals surface area contributed by atoms with E-state index >= 15 is 0 Å². The summed E-state index contributed by atoms with van der Waals surface area (Å²) in [7, 11) is 0. The lowest BCUT2D eigenvalue weighted by Gasteiger charge is -2.27. The van der Waals surface area contributed by atoms with Crippen molar-refractivity contribution in [3.05, 3.63) is 35.4 Å². The van der Waals surface area contributed by atoms with E-state index in [1.165, 1.54) is 17.0 Å². The zero-order valence-corrected chi connectivity index (χ0v) is 18.6. The predicted octanol–water partition coefficient (Wildman–Crippen LogP) is 2.83. The molecule has 0 unspecified atom stereocenters. The summed E-state index contributed by atoms with van der Waals surface area (Å²) >= 11 is 0. The van der Waals surface area contributed by atoms with Gasteiger partial charge in [0.25, 0.3) is 5.91 Å². The van der Waals surface area contributed by atoms with Crippen molar-refractivity contribution in [3.63, 3.8) is 0 Å². The van der Waals surface area contributed by atoms with Crippen molar-refractivity contribution in [2.45, 2.75) is 78.1 Å². The van der Waals surface area contributed by atoms with Gasteiger partial charge in [-0.2, -0.15) is 0 Å². The molecule has 0 radical (unpaired) electrons. The van der Waals surface area contributed by atoms with Crippen molar-refractivity contribution in [2.24, 2.45) is 5.92 Å². The van der Waals surface area contributed by atoms with Crippen LogP contribution in [0.4, 0.5) is 8.78 Å². The Bertz CT molecular complexity index is 823. The van der Waals surface area contributed by atoms with Gasteiger partial charge >= 0.3 is 0 Å². The van der Waals surface area contributed by atoms with Gasteiger partial charge in [0.2, 0.25) is 11.8 Å². The average molecular weight is 440 g/mol. The predicted molar refractivity (Wildman–Crippen MR) is 110 cm³/mol. The van der Waals surface area contributed by atoms with Crippen LogP contribution in [0.3, 0.4) is 0 Å². The van der Waals surface area contributed by atoms with Crippen LogP contribution in [0.15, 0.2) is 18.2 Å². The highest BCUT2D eigenvalue weighted by atomic mass is 19.2. The number of amides is 3. The first-order valence-corrected chi connectivity index (χ1v) is 10.4. The lowest BCUT2D eigenvalue weighted by atomic mass is 10.0. The summed E-state index contributed by atoms with van der Waals surface area (Å²) in [6, 6.07) is 2.52. The average Bonchev–Trinajstić information content (AvgIpc) is 3.00. The van der Waals surface area contributed by atoms with Gasteiger partial charge < -0.3 is 10.2 Å². The number of hydroxylamine groups is 1. The summed E-state index contributed by atoms with van der Waals surface area (Å²) in [4.78, 5) is 44.0. The van der Waals surface area contributed by atoms with Gasteiger partial charge in [0, 0.05) is 31.0 Å². The summed E-state index contributed by atoms with van der Waals surface area (Å²) < 4.78 is 27.5. The van der Waals surface area contributed by atoms with Crippen molar-refractivity contribution < 1.29 is 28.0 Å². The molecule has 1 heterocycles. The minimum absolute atomic E-state index is 0.0424. The summed E-state index contributed by atoms with van der Waals surface area (Å²) in [5.74, 6) is -3.29. The molecule has 1 saturated heterocycles. The number of hydrogen-bond donors (Lipinski definition) is 2. The first-order chi connectivity index (χ1) is 14.4. The minimum Gasteiger partial charge on any atom is -0.344 e. The monoisotopic (exact) mass is 439 g/mol. The molecule has 0 aromatic heterocycles. The van der Waals surface area contributed by atoms with Crippen LogP contribution in [-0.2, 0) is 25.8 Å². The topological polar surface area (TPSA) is 87.7 Å². The molecule has 0 spiro atoms. The maximum Gasteiger partial charge on any atom is 0.266 e. The van der Waals surface area contributed by atoms with Crippen molar-refractivity contribution in [1.82, 2.24) is 15.7 Å². The Morgan fingerprint density at radius 1 is 1.26 bits per heavy atom. The van der Waals surface area contributed by atoms with Crippen LogP contribution in [0, 0.1) is 17.6 Å². The number of nitrogens with zero attached hydrogens (tertiary/aromatic N) is 1. The Morgan fingerprint density at radius 2 is 1.94 bits per heavy atom. The lowest BCUT2D eigenvalue weighted by molar-refractivity contribution is -0.150. The standard InChI is InChI=1S/C22H31F2N3O4/c1-13(2)20(21(30)26-31-22(3,4)5)25-17(28)11-15-9-10-18(29)27(15)12-14-7-6-8-16(23)19(14)24/h6-8,13,15,20H,9-12H2,1-5H3,(H,25,28)(H,26,30)/t15-,20-/m0/s1. The fourth-order valence-corrected chi connectivity index (χ4v) is 3.32. The van der Waals surface area contributed by atoms with E-state index in [2.05, 4.69) is 10.8 Å². The zero-order valence-electron chi connectivity index (χ0n) is 18.6. The third-order valence-corrected chi connectivity index (χ3v) is 4.97. The van der Waals surface area contributed by atoms with Gasteiger partial charge in [-0.15, -0.1) is 0 Å². The maximum atomic E-state index is 14.0. The van der Waals surface area contributed by atoms with Gasteiger partial charge in [0.05, 0.1) is 5.60 Å². The maximum absolute atomic E-state index is 14.0. The van der Waals surface area contributed by atoms with E-state index in [9.17, 15) is 23.2 Å². The van der Waals surface area contributed by atoms with Crippen LogP contribution >= 0.6 is 0 Å². The Balaban J connectivity index is 2.02. The molecule has 3 amide bonds. The Labute approximate surface area is 181 Å². The molecule has 9 heteroatoms. The highest BCUT2D eigenvalue weighted by Gasteiger charge is 2.34. The molecule has 1 aliphatic heterocycles. The molecular weight excluding hydrogens is 408 g/mol. The molecule has 0 bridgehead atoms. The van der Waals surface area contributed by atoms with E-state index in [0.29, 0.717) is 6.42 Å². The minimum atomic E-state index is -0.999. The molecule has 2 N–H and O–H groups in total. The second-order valence-electron chi connectivity index (χ2n) is 9.10. The molecule has 1 aromatic carbocycles. The molecule has 1 aliphatic rings. The highest BCUT2D eigenvalue weighted by Crippen LogP contribution is 2.25. The molecule has 0 saturated carbocycles. The number of benzene rings is 1. The molecular formula is C22H31F2N3O4. The molecule has 172 valence electrons. The molecule has 0 aliphatic carbocycles. The second kappa shape index (κ2) is 10.2. The Hall–Kier alpha value is -2.55. The van der Waals surface area contributed by atoms with E-state index in [1.807, 2.05) is 0 Å². The van der Waals surface area contributed by atoms with E-state index < -0.39 is 41.1 Å². The normalized spacial score (nSPS) is 17.7. The molecule has 7 nitrogen and oxygen atoms in total. The number of hydrogen-bond acceptors (Lipinski definition) is 4. The number of rotatable bonds is 8. The number of nitrogens with one attached hydrogen (secondary N) is 2. The van der Waals surface area contributed by atoms with E-state index in [1.54, 1.807) is 34.6 Å². The van der Waals surface area contributed by atoms with Gasteiger partial charge in [-0.25, -0.2) is 14.3 Å². The fraction of sp³-hybridized carbons (Fsp3) is 0.591. The van der Waals surface area contributed by atoms with Crippen LogP contribution in [0.25, 0.3) is 0 Å². The molecule has 2 atom stereocenters. The first kappa shape index (κ1) is 24.7. The van der Waals surface area contributed by atoms with Gasteiger partial charge in [0.1, 0.15) is 6.04 Å². The quantitative estimate of drug-likeness (QED) is 0.610. The molecule has 1 fully saturated rings. The summed E-state index contributed by atoms with van der Waals surface area (Å²) in [6.07, 6.45) is 0.608. The number of halogens is 2. The third kappa shape index (κ3) is 6.99. The van der Waals surface area contributed by atoms with Gasteiger partial charge in [-0.3, -0.25) is 19.2 Å². The molecule has 2 rings (SSSR count). The fourth-order valence-electron chi connectivity index (χ4n) is 3.32. The van der Waals surface area contributed by atoms with Crippen LogP contribution in [0.1, 0.15) is 59.4 Å². The molecule has 1 aromatic rings. The van der Waals surface area contributed by atoms with Gasteiger partial charge in [-0.05, 0) is 39.2 Å². The molecule has 31 heavy (non-hydrogen) atoms. The van der Waals surface area contributed by atoms with Crippen LogP contribution < -0.4 is 10.8 Å². The smallest absolute Gasteiger partial charge is 0.266 e. The van der Waals surface area contributed by atoms with Crippen molar-refractivity contribution in [1.29, 1.82) is 0 Å². The SMILES string of the molecule is CC(C)[C@H](NC(=O)C[C@@H]1CCC(=O)N1Cc1cccc(F)c1F)C(=O)NOC(C)(C)C. The zero-order chi connectivity index (χ0) is 23.3.